The van der Waals surface area contributed by atoms with Crippen LogP contribution in [-0.2, 0) is 0 Å². The molecule has 0 aliphatic carbocycles. The maximum atomic E-state index is 4.78. The minimum atomic E-state index is 0.340. The molecule has 4 heteroatoms. The molecular weight excluding hydrogens is 248 g/mol. The van der Waals surface area contributed by atoms with Crippen molar-refractivity contribution < 1.29 is 0 Å². The topological polar surface area (TPSA) is 41.0 Å². The van der Waals surface area contributed by atoms with Crippen LogP contribution in [-0.4, -0.2) is 29.6 Å². The van der Waals surface area contributed by atoms with Gasteiger partial charge in [0.25, 0.3) is 0 Å². The Bertz CT molecular complexity index is 403. The maximum absolute atomic E-state index is 4.78. The number of anilines is 2. The van der Waals surface area contributed by atoms with Gasteiger partial charge < -0.3 is 10.2 Å². The largest absolute Gasteiger partial charge is 0.373 e. The number of nitrogens with one attached hydrogen (secondary N) is 1. The van der Waals surface area contributed by atoms with Crippen molar-refractivity contribution in [3.05, 3.63) is 11.9 Å². The first-order valence-electron chi connectivity index (χ1n) is 7.86. The molecule has 1 rings (SSSR count). The fraction of sp³-hybridized carbons (Fsp3) is 0.750. The SMILES string of the molecule is CCCCN(c1cc(NC)nc(C(C)C)n1)C(C)CC. The van der Waals surface area contributed by atoms with Crippen LogP contribution in [0.25, 0.3) is 0 Å². The molecule has 1 N–H and O–H groups in total. The van der Waals surface area contributed by atoms with E-state index in [1.165, 1.54) is 12.8 Å². The average molecular weight is 278 g/mol. The van der Waals surface area contributed by atoms with E-state index in [1.807, 2.05) is 7.05 Å². The molecule has 0 spiro atoms. The normalized spacial score (nSPS) is 12.6. The molecule has 0 amide bonds. The van der Waals surface area contributed by atoms with E-state index < -0.39 is 0 Å². The van der Waals surface area contributed by atoms with E-state index in [0.29, 0.717) is 12.0 Å². The third kappa shape index (κ3) is 4.36. The molecule has 4 nitrogen and oxygen atoms in total. The summed E-state index contributed by atoms with van der Waals surface area (Å²) in [6.45, 7) is 12.1. The highest BCUT2D eigenvalue weighted by atomic mass is 15.2. The Labute approximate surface area is 124 Å². The van der Waals surface area contributed by atoms with Crippen molar-refractivity contribution in [3.8, 4) is 0 Å². The van der Waals surface area contributed by atoms with Crippen molar-refractivity contribution in [3.63, 3.8) is 0 Å². The molecule has 0 aliphatic heterocycles. The van der Waals surface area contributed by atoms with Crippen LogP contribution in [0, 0.1) is 0 Å². The van der Waals surface area contributed by atoms with Crippen LogP contribution in [0.2, 0.25) is 0 Å². The second-order valence-electron chi connectivity index (χ2n) is 5.68. The van der Waals surface area contributed by atoms with E-state index in [4.69, 9.17) is 4.98 Å². The van der Waals surface area contributed by atoms with Gasteiger partial charge in [0.2, 0.25) is 0 Å². The smallest absolute Gasteiger partial charge is 0.135 e. The molecule has 1 heterocycles. The van der Waals surface area contributed by atoms with E-state index in [1.54, 1.807) is 0 Å². The van der Waals surface area contributed by atoms with Crippen LogP contribution in [0.5, 0.6) is 0 Å². The number of aromatic nitrogens is 2. The summed E-state index contributed by atoms with van der Waals surface area (Å²) in [5, 5.41) is 3.15. The lowest BCUT2D eigenvalue weighted by Gasteiger charge is -2.30. The van der Waals surface area contributed by atoms with Crippen LogP contribution in [0.1, 0.15) is 65.6 Å². The zero-order valence-electron chi connectivity index (χ0n) is 13.9. The predicted octanol–water partition coefficient (Wildman–Crippen LogP) is 4.05. The van der Waals surface area contributed by atoms with Gasteiger partial charge in [-0.2, -0.15) is 0 Å². The predicted molar refractivity (Wildman–Crippen MR) is 87.7 cm³/mol. The van der Waals surface area contributed by atoms with Crippen molar-refractivity contribution in [1.82, 2.24) is 9.97 Å². The highest BCUT2D eigenvalue weighted by Crippen LogP contribution is 2.22. The molecule has 20 heavy (non-hydrogen) atoms. The van der Waals surface area contributed by atoms with Crippen molar-refractivity contribution in [1.29, 1.82) is 0 Å². The van der Waals surface area contributed by atoms with Crippen molar-refractivity contribution in [2.75, 3.05) is 23.8 Å². The minimum absolute atomic E-state index is 0.340. The number of nitrogens with zero attached hydrogens (tertiary/aromatic N) is 3. The first kappa shape index (κ1) is 16.7. The van der Waals surface area contributed by atoms with E-state index in [2.05, 4.69) is 55.9 Å². The molecule has 1 aromatic rings. The Morgan fingerprint density at radius 2 is 1.90 bits per heavy atom. The molecule has 0 radical (unpaired) electrons. The van der Waals surface area contributed by atoms with Gasteiger partial charge >= 0.3 is 0 Å². The quantitative estimate of drug-likeness (QED) is 0.779. The molecular formula is C16H30N4. The molecule has 0 saturated heterocycles. The molecule has 0 fully saturated rings. The van der Waals surface area contributed by atoms with Crippen molar-refractivity contribution >= 4 is 11.6 Å². The lowest BCUT2D eigenvalue weighted by atomic mass is 10.2. The van der Waals surface area contributed by atoms with Crippen molar-refractivity contribution in [2.45, 2.75) is 65.8 Å². The third-order valence-electron chi connectivity index (χ3n) is 3.67. The number of hydrogen-bond acceptors (Lipinski definition) is 4. The van der Waals surface area contributed by atoms with E-state index in [-0.39, 0.29) is 0 Å². The lowest BCUT2D eigenvalue weighted by molar-refractivity contribution is 0.586. The number of unbranched alkanes of at least 4 members (excludes halogenated alkanes) is 1. The van der Waals surface area contributed by atoms with E-state index in [0.717, 1.165) is 30.4 Å². The summed E-state index contributed by atoms with van der Waals surface area (Å²) in [5.41, 5.74) is 0. The van der Waals surface area contributed by atoms with Crippen LogP contribution in [0.15, 0.2) is 6.07 Å². The van der Waals surface area contributed by atoms with Gasteiger partial charge in [-0.1, -0.05) is 34.1 Å². The van der Waals surface area contributed by atoms with Gasteiger partial charge in [0, 0.05) is 31.6 Å². The second kappa shape index (κ2) is 8.08. The Morgan fingerprint density at radius 1 is 1.20 bits per heavy atom. The molecule has 114 valence electrons. The zero-order chi connectivity index (χ0) is 15.1. The van der Waals surface area contributed by atoms with Gasteiger partial charge in [-0.05, 0) is 19.8 Å². The Hall–Kier alpha value is -1.32. The van der Waals surface area contributed by atoms with E-state index >= 15 is 0 Å². The molecule has 1 unspecified atom stereocenters. The van der Waals surface area contributed by atoms with Gasteiger partial charge in [-0.3, -0.25) is 0 Å². The van der Waals surface area contributed by atoms with E-state index in [9.17, 15) is 0 Å². The number of rotatable bonds is 8. The van der Waals surface area contributed by atoms with Crippen LogP contribution >= 0.6 is 0 Å². The Morgan fingerprint density at radius 3 is 2.40 bits per heavy atom. The van der Waals surface area contributed by atoms with Gasteiger partial charge in [0.15, 0.2) is 0 Å². The second-order valence-corrected chi connectivity index (χ2v) is 5.68. The minimum Gasteiger partial charge on any atom is -0.373 e. The van der Waals surface area contributed by atoms with Crippen LogP contribution < -0.4 is 10.2 Å². The summed E-state index contributed by atoms with van der Waals surface area (Å²) >= 11 is 0. The standard InChI is InChI=1S/C16H30N4/c1-7-9-10-20(13(5)8-2)15-11-14(17-6)18-16(19-15)12(3)4/h11-13H,7-10H2,1-6H3,(H,17,18,19). The first-order valence-corrected chi connectivity index (χ1v) is 7.86. The summed E-state index contributed by atoms with van der Waals surface area (Å²) < 4.78 is 0. The highest BCUT2D eigenvalue weighted by molar-refractivity contribution is 5.50. The molecule has 1 atom stereocenters. The van der Waals surface area contributed by atoms with Gasteiger partial charge in [0.05, 0.1) is 0 Å². The fourth-order valence-corrected chi connectivity index (χ4v) is 2.10. The zero-order valence-corrected chi connectivity index (χ0v) is 13.9. The lowest BCUT2D eigenvalue weighted by Crippen LogP contribution is -2.34. The molecule has 0 aliphatic rings. The monoisotopic (exact) mass is 278 g/mol. The summed E-state index contributed by atoms with van der Waals surface area (Å²) in [7, 11) is 1.91. The van der Waals surface area contributed by atoms with Crippen LogP contribution in [0.3, 0.4) is 0 Å². The van der Waals surface area contributed by atoms with Crippen LogP contribution in [0.4, 0.5) is 11.6 Å². The summed E-state index contributed by atoms with van der Waals surface area (Å²) in [4.78, 5) is 11.7. The van der Waals surface area contributed by atoms with Gasteiger partial charge in [-0.25, -0.2) is 9.97 Å². The molecule has 1 aromatic heterocycles. The van der Waals surface area contributed by atoms with Gasteiger partial charge in [0.1, 0.15) is 17.5 Å². The van der Waals surface area contributed by atoms with Gasteiger partial charge in [-0.15, -0.1) is 0 Å². The summed E-state index contributed by atoms with van der Waals surface area (Å²) in [6.07, 6.45) is 3.52. The molecule has 0 aromatic carbocycles. The van der Waals surface area contributed by atoms with Crippen molar-refractivity contribution in [2.24, 2.45) is 0 Å². The fourth-order valence-electron chi connectivity index (χ4n) is 2.10. The highest BCUT2D eigenvalue weighted by Gasteiger charge is 2.17. The summed E-state index contributed by atoms with van der Waals surface area (Å²) in [5.74, 6) is 3.21. The average Bonchev–Trinajstić information content (AvgIpc) is 2.46. The molecule has 0 saturated carbocycles. The maximum Gasteiger partial charge on any atom is 0.135 e. The number of hydrogen-bond donors (Lipinski definition) is 1. The summed E-state index contributed by atoms with van der Waals surface area (Å²) in [6, 6.07) is 2.56. The Kier molecular flexibility index (Phi) is 6.76. The third-order valence-corrected chi connectivity index (χ3v) is 3.67. The first-order chi connectivity index (χ1) is 9.53. The molecule has 0 bridgehead atoms. The Balaban J connectivity index is 3.13.